The Kier molecular flexibility index (Phi) is 3.17. The van der Waals surface area contributed by atoms with E-state index in [9.17, 15) is 4.79 Å². The molecule has 0 radical (unpaired) electrons. The van der Waals surface area contributed by atoms with Crippen molar-refractivity contribution in [2.45, 2.75) is 33.4 Å². The second kappa shape index (κ2) is 4.05. The van der Waals surface area contributed by atoms with E-state index in [1.807, 2.05) is 50.6 Å². The van der Waals surface area contributed by atoms with Crippen LogP contribution in [-0.2, 0) is 10.5 Å². The minimum absolute atomic E-state index is 0.270. The molecular weight excluding hydrogens is 189 g/mol. The maximum atomic E-state index is 11.0. The van der Waals surface area contributed by atoms with Crippen molar-refractivity contribution in [1.82, 2.24) is 0 Å². The van der Waals surface area contributed by atoms with E-state index in [0.29, 0.717) is 0 Å². The highest BCUT2D eigenvalue weighted by Crippen LogP contribution is 2.11. The Morgan fingerprint density at radius 2 is 2.07 bits per heavy atom. The first-order valence-electron chi connectivity index (χ1n) is 5.02. The van der Waals surface area contributed by atoms with Gasteiger partial charge in [0.05, 0.1) is 0 Å². The molecule has 0 aliphatic rings. The molecule has 0 N–H and O–H groups in total. The first-order valence-corrected chi connectivity index (χ1v) is 5.02. The Bertz CT molecular complexity index is 388. The van der Waals surface area contributed by atoms with Gasteiger partial charge in [-0.2, -0.15) is 4.57 Å². The van der Waals surface area contributed by atoms with Crippen LogP contribution in [0.1, 0.15) is 25.1 Å². The lowest BCUT2D eigenvalue weighted by atomic mass is 10.1. The third-order valence-corrected chi connectivity index (χ3v) is 2.49. The second-order valence-corrected chi connectivity index (χ2v) is 4.19. The van der Waals surface area contributed by atoms with Crippen LogP contribution >= 0.6 is 0 Å². The number of aromatic nitrogens is 1. The summed E-state index contributed by atoms with van der Waals surface area (Å²) in [7, 11) is 1.42. The highest BCUT2D eigenvalue weighted by atomic mass is 16.6. The zero-order chi connectivity index (χ0) is 11.6. The molecule has 0 aromatic carbocycles. The third kappa shape index (κ3) is 2.58. The van der Waals surface area contributed by atoms with Gasteiger partial charge in [-0.15, -0.1) is 0 Å². The van der Waals surface area contributed by atoms with E-state index in [-0.39, 0.29) is 5.87 Å². The lowest BCUT2D eigenvalue weighted by Crippen LogP contribution is -2.56. The SMILES string of the molecule is BC(=O)OC(C)(C)[n+]1cccc(C)c1C. The van der Waals surface area contributed by atoms with Crippen molar-refractivity contribution in [2.24, 2.45) is 0 Å². The number of pyridine rings is 1. The van der Waals surface area contributed by atoms with Crippen molar-refractivity contribution in [2.75, 3.05) is 0 Å². The van der Waals surface area contributed by atoms with E-state index in [0.717, 1.165) is 5.69 Å². The van der Waals surface area contributed by atoms with Crippen molar-refractivity contribution in [1.29, 1.82) is 0 Å². The van der Waals surface area contributed by atoms with Gasteiger partial charge in [0, 0.05) is 32.4 Å². The summed E-state index contributed by atoms with van der Waals surface area (Å²) in [5.74, 6) is -0.270. The summed E-state index contributed by atoms with van der Waals surface area (Å²) < 4.78 is 7.25. The molecule has 0 aliphatic carbocycles. The Labute approximate surface area is 91.5 Å². The molecule has 0 saturated carbocycles. The minimum atomic E-state index is -0.637. The zero-order valence-corrected chi connectivity index (χ0v) is 10.00. The number of aryl methyl sites for hydroxylation is 1. The topological polar surface area (TPSA) is 30.2 Å². The van der Waals surface area contributed by atoms with Crippen LogP contribution < -0.4 is 4.57 Å². The van der Waals surface area contributed by atoms with Crippen molar-refractivity contribution in [3.63, 3.8) is 0 Å². The van der Waals surface area contributed by atoms with E-state index in [1.54, 1.807) is 0 Å². The molecule has 15 heavy (non-hydrogen) atoms. The molecule has 4 heteroatoms. The Morgan fingerprint density at radius 3 is 2.60 bits per heavy atom. The number of ether oxygens (including phenoxy) is 1. The van der Waals surface area contributed by atoms with Crippen LogP contribution in [-0.4, -0.2) is 13.7 Å². The maximum absolute atomic E-state index is 11.0. The molecule has 0 aliphatic heterocycles. The number of hydrogen-bond acceptors (Lipinski definition) is 2. The smallest absolute Gasteiger partial charge is 0.307 e. The van der Waals surface area contributed by atoms with E-state index in [1.165, 1.54) is 13.4 Å². The molecular formula is C11H17BNO2+. The molecule has 3 nitrogen and oxygen atoms in total. The summed E-state index contributed by atoms with van der Waals surface area (Å²) in [6.07, 6.45) is 1.92. The Morgan fingerprint density at radius 1 is 1.47 bits per heavy atom. The normalized spacial score (nSPS) is 11.2. The predicted octanol–water partition coefficient (Wildman–Crippen LogP) is 1.05. The van der Waals surface area contributed by atoms with E-state index < -0.39 is 5.72 Å². The molecule has 0 unspecified atom stereocenters. The number of carbonyl (C=O) groups is 1. The molecule has 0 amide bonds. The minimum Gasteiger partial charge on any atom is -0.410 e. The summed E-state index contributed by atoms with van der Waals surface area (Å²) in [6.45, 7) is 7.80. The van der Waals surface area contributed by atoms with E-state index in [4.69, 9.17) is 4.74 Å². The number of rotatable bonds is 2. The molecule has 0 fully saturated rings. The molecule has 1 heterocycles. The highest BCUT2D eigenvalue weighted by Gasteiger charge is 2.33. The van der Waals surface area contributed by atoms with Gasteiger partial charge < -0.3 is 4.74 Å². The molecule has 0 saturated heterocycles. The largest absolute Gasteiger partial charge is 0.410 e. The molecule has 0 atom stereocenters. The van der Waals surface area contributed by atoms with Crippen LogP contribution in [0.3, 0.4) is 0 Å². The van der Waals surface area contributed by atoms with Crippen LogP contribution in [0.4, 0.5) is 4.79 Å². The summed E-state index contributed by atoms with van der Waals surface area (Å²) in [5.41, 5.74) is 1.64. The fourth-order valence-electron chi connectivity index (χ4n) is 1.68. The van der Waals surface area contributed by atoms with Gasteiger partial charge in [-0.3, -0.25) is 4.79 Å². The summed E-state index contributed by atoms with van der Waals surface area (Å²) in [5, 5.41) is 0. The van der Waals surface area contributed by atoms with Crippen LogP contribution in [0.2, 0.25) is 0 Å². The van der Waals surface area contributed by atoms with Crippen LogP contribution in [0, 0.1) is 13.8 Å². The van der Waals surface area contributed by atoms with Gasteiger partial charge >= 0.3 is 5.72 Å². The fraction of sp³-hybridized carbons (Fsp3) is 0.455. The lowest BCUT2D eigenvalue weighted by Gasteiger charge is -2.21. The number of hydrogen-bond donors (Lipinski definition) is 0. The van der Waals surface area contributed by atoms with E-state index in [2.05, 4.69) is 0 Å². The Hall–Kier alpha value is -1.32. The summed E-state index contributed by atoms with van der Waals surface area (Å²) in [4.78, 5) is 11.0. The van der Waals surface area contributed by atoms with Gasteiger partial charge in [0.2, 0.25) is 13.7 Å². The van der Waals surface area contributed by atoms with Gasteiger partial charge in [-0.05, 0) is 13.0 Å². The van der Waals surface area contributed by atoms with E-state index >= 15 is 0 Å². The van der Waals surface area contributed by atoms with Crippen LogP contribution in [0.5, 0.6) is 0 Å². The van der Waals surface area contributed by atoms with Gasteiger partial charge in [0.1, 0.15) is 0 Å². The number of nitrogens with zero attached hydrogens (tertiary/aromatic N) is 1. The molecule has 0 spiro atoms. The van der Waals surface area contributed by atoms with Crippen molar-refractivity contribution in [3.8, 4) is 0 Å². The first kappa shape index (κ1) is 11.8. The van der Waals surface area contributed by atoms with Gasteiger partial charge in [-0.25, -0.2) is 0 Å². The van der Waals surface area contributed by atoms with Crippen LogP contribution in [0.25, 0.3) is 0 Å². The quantitative estimate of drug-likeness (QED) is 0.534. The average Bonchev–Trinajstić information content (AvgIpc) is 2.07. The summed E-state index contributed by atoms with van der Waals surface area (Å²) >= 11 is 0. The fourth-order valence-corrected chi connectivity index (χ4v) is 1.68. The van der Waals surface area contributed by atoms with Gasteiger partial charge in [-0.1, -0.05) is 0 Å². The Balaban J connectivity index is 3.14. The monoisotopic (exact) mass is 206 g/mol. The standard InChI is InChI=1S/C11H17BNO2/c1-8-6-5-7-13(9(8)2)11(3,4)15-10(12)14/h5-7H,12H2,1-4H3/q+1. The lowest BCUT2D eigenvalue weighted by molar-refractivity contribution is -0.799. The molecule has 1 aromatic heterocycles. The zero-order valence-electron chi connectivity index (χ0n) is 10.00. The first-order chi connectivity index (χ1) is 6.84. The maximum Gasteiger partial charge on any atom is 0.307 e. The third-order valence-electron chi connectivity index (χ3n) is 2.49. The highest BCUT2D eigenvalue weighted by molar-refractivity contribution is 6.55. The summed E-state index contributed by atoms with van der Waals surface area (Å²) in [6, 6.07) is 3.99. The van der Waals surface area contributed by atoms with Gasteiger partial charge in [0.25, 0.3) is 0 Å². The molecule has 80 valence electrons. The van der Waals surface area contributed by atoms with Crippen molar-refractivity contribution >= 4 is 13.7 Å². The predicted molar refractivity (Wildman–Crippen MR) is 60.5 cm³/mol. The van der Waals surface area contributed by atoms with Crippen molar-refractivity contribution < 1.29 is 14.1 Å². The molecule has 1 aromatic rings. The average molecular weight is 206 g/mol. The van der Waals surface area contributed by atoms with Gasteiger partial charge in [0.15, 0.2) is 11.9 Å². The molecule has 0 bridgehead atoms. The van der Waals surface area contributed by atoms with Crippen molar-refractivity contribution in [3.05, 3.63) is 29.6 Å². The molecule has 1 rings (SSSR count). The second-order valence-electron chi connectivity index (χ2n) is 4.19. The number of carbonyl (C=O) groups excluding carboxylic acids is 1. The van der Waals surface area contributed by atoms with Crippen LogP contribution in [0.15, 0.2) is 18.3 Å².